The van der Waals surface area contributed by atoms with Crippen molar-refractivity contribution in [1.29, 1.82) is 0 Å². The average Bonchev–Trinajstić information content (AvgIpc) is 2.99. The van der Waals surface area contributed by atoms with Crippen molar-refractivity contribution >= 4 is 28.8 Å². The molecule has 0 aromatic carbocycles. The summed E-state index contributed by atoms with van der Waals surface area (Å²) < 4.78 is 1.09. The molecule has 0 saturated carbocycles. The number of amides is 2. The van der Waals surface area contributed by atoms with Crippen LogP contribution in [-0.2, 0) is 7.05 Å². The third-order valence-corrected chi connectivity index (χ3v) is 3.50. The smallest absolute Gasteiger partial charge is 0.266 e. The molecule has 0 fully saturated rings. The Balaban J connectivity index is 2.13. The monoisotopic (exact) mass is 324 g/mol. The molecule has 2 N–H and O–H groups in total. The topological polar surface area (TPSA) is 132 Å². The summed E-state index contributed by atoms with van der Waals surface area (Å²) in [5.74, 6) is -1.45. The predicted octanol–water partition coefficient (Wildman–Crippen LogP) is 0.476. The molecule has 0 aliphatic rings. The number of nitrogens with one attached hydrogen (secondary N) is 2. The van der Waals surface area contributed by atoms with Crippen LogP contribution in [0.25, 0.3) is 0 Å². The Morgan fingerprint density at radius 2 is 1.95 bits per heavy atom. The summed E-state index contributed by atoms with van der Waals surface area (Å²) in [5.41, 5.74) is 3.88. The van der Waals surface area contributed by atoms with Gasteiger partial charge in [-0.15, -0.1) is 11.3 Å². The van der Waals surface area contributed by atoms with Gasteiger partial charge in [-0.3, -0.25) is 35.2 Å². The first-order chi connectivity index (χ1) is 10.3. The van der Waals surface area contributed by atoms with Crippen LogP contribution >= 0.6 is 11.3 Å². The predicted molar refractivity (Wildman–Crippen MR) is 76.4 cm³/mol. The van der Waals surface area contributed by atoms with Gasteiger partial charge in [0.05, 0.1) is 9.93 Å². The zero-order valence-corrected chi connectivity index (χ0v) is 12.7. The second-order valence-corrected chi connectivity index (χ2v) is 5.39. The highest BCUT2D eigenvalue weighted by molar-refractivity contribution is 7.09. The number of hydrazine groups is 1. The van der Waals surface area contributed by atoms with Crippen molar-refractivity contribution in [3.05, 3.63) is 37.6 Å². The molecule has 0 aliphatic carbocycles. The molecule has 2 heterocycles. The van der Waals surface area contributed by atoms with Crippen LogP contribution in [0.2, 0.25) is 0 Å². The third-order valence-electron chi connectivity index (χ3n) is 2.73. The van der Waals surface area contributed by atoms with Crippen LogP contribution in [-0.4, -0.2) is 31.5 Å². The minimum absolute atomic E-state index is 0.110. The number of rotatable bonds is 3. The Morgan fingerprint density at radius 3 is 2.50 bits per heavy atom. The van der Waals surface area contributed by atoms with Crippen LogP contribution in [0.1, 0.15) is 31.7 Å². The molecule has 0 radical (unpaired) electrons. The molecule has 0 atom stereocenters. The fraction of sp³-hybridized carbons (Fsp3) is 0.273. The van der Waals surface area contributed by atoms with E-state index in [1.807, 2.05) is 0 Å². The Labute approximate surface area is 128 Å². The highest BCUT2D eigenvalue weighted by Crippen LogP contribution is 2.21. The molecule has 2 rings (SSSR count). The molecule has 0 aliphatic heterocycles. The molecule has 10 nitrogen and oxygen atoms in total. The largest absolute Gasteiger partial charge is 0.322 e. The Hall–Kier alpha value is -2.82. The first-order valence-electron chi connectivity index (χ1n) is 6.02. The molecule has 2 aromatic rings. The molecule has 2 aromatic heterocycles. The van der Waals surface area contributed by atoms with E-state index in [0.717, 1.165) is 4.68 Å². The minimum Gasteiger partial charge on any atom is -0.266 e. The summed E-state index contributed by atoms with van der Waals surface area (Å²) in [4.78, 5) is 38.1. The van der Waals surface area contributed by atoms with Crippen molar-refractivity contribution in [3.8, 4) is 0 Å². The van der Waals surface area contributed by atoms with E-state index in [1.54, 1.807) is 6.92 Å². The maximum atomic E-state index is 12.0. The third kappa shape index (κ3) is 2.93. The molecular weight excluding hydrogens is 312 g/mol. The molecule has 0 unspecified atom stereocenters. The van der Waals surface area contributed by atoms with Crippen LogP contribution in [0.3, 0.4) is 0 Å². The fourth-order valence-corrected chi connectivity index (χ4v) is 2.42. The number of nitro groups is 1. The van der Waals surface area contributed by atoms with Crippen LogP contribution in [0.4, 0.5) is 5.69 Å². The van der Waals surface area contributed by atoms with Crippen LogP contribution in [0.5, 0.6) is 0 Å². The number of carbonyl (C=O) groups excluding carboxylic acids is 2. The number of hydrogen-bond acceptors (Lipinski definition) is 7. The molecule has 0 bridgehead atoms. The number of thiazole rings is 1. The van der Waals surface area contributed by atoms with E-state index in [0.29, 0.717) is 5.01 Å². The van der Waals surface area contributed by atoms with Crippen molar-refractivity contribution in [2.24, 2.45) is 7.05 Å². The normalized spacial score (nSPS) is 10.3. The Bertz CT molecular complexity index is 765. The second-order valence-electron chi connectivity index (χ2n) is 4.32. The van der Waals surface area contributed by atoms with Gasteiger partial charge in [-0.25, -0.2) is 4.98 Å². The van der Waals surface area contributed by atoms with E-state index in [2.05, 4.69) is 20.9 Å². The molecule has 0 saturated heterocycles. The first kappa shape index (κ1) is 15.6. The van der Waals surface area contributed by atoms with Crippen molar-refractivity contribution < 1.29 is 14.5 Å². The number of carbonyl (C=O) groups is 2. The lowest BCUT2D eigenvalue weighted by atomic mass is 10.3. The van der Waals surface area contributed by atoms with E-state index in [4.69, 9.17) is 0 Å². The summed E-state index contributed by atoms with van der Waals surface area (Å²) in [6.07, 6.45) is 0. The van der Waals surface area contributed by atoms with E-state index in [9.17, 15) is 19.7 Å². The van der Waals surface area contributed by atoms with Gasteiger partial charge in [-0.05, 0) is 13.8 Å². The van der Waals surface area contributed by atoms with Crippen LogP contribution < -0.4 is 10.9 Å². The summed E-state index contributed by atoms with van der Waals surface area (Å²) in [6.45, 7) is 3.16. The van der Waals surface area contributed by atoms with Gasteiger partial charge >= 0.3 is 5.69 Å². The lowest BCUT2D eigenvalue weighted by molar-refractivity contribution is -0.385. The van der Waals surface area contributed by atoms with E-state index in [1.165, 1.54) is 30.7 Å². The van der Waals surface area contributed by atoms with E-state index in [-0.39, 0.29) is 17.1 Å². The van der Waals surface area contributed by atoms with Gasteiger partial charge in [-0.1, -0.05) is 0 Å². The number of nitrogens with zero attached hydrogens (tertiary/aromatic N) is 4. The van der Waals surface area contributed by atoms with Gasteiger partial charge in [-0.2, -0.15) is 5.10 Å². The summed E-state index contributed by atoms with van der Waals surface area (Å²) in [6, 6.07) is 0. The van der Waals surface area contributed by atoms with Crippen molar-refractivity contribution in [2.45, 2.75) is 13.8 Å². The zero-order chi connectivity index (χ0) is 16.4. The molecule has 2 amide bonds. The van der Waals surface area contributed by atoms with Gasteiger partial charge in [0.25, 0.3) is 11.8 Å². The Kier molecular flexibility index (Phi) is 4.17. The van der Waals surface area contributed by atoms with Gasteiger partial charge in [0.1, 0.15) is 11.4 Å². The summed E-state index contributed by atoms with van der Waals surface area (Å²) in [7, 11) is 1.40. The first-order valence-corrected chi connectivity index (χ1v) is 6.90. The molecule has 116 valence electrons. The maximum Gasteiger partial charge on any atom is 0.322 e. The van der Waals surface area contributed by atoms with Crippen molar-refractivity contribution in [1.82, 2.24) is 25.6 Å². The van der Waals surface area contributed by atoms with Crippen molar-refractivity contribution in [3.63, 3.8) is 0 Å². The van der Waals surface area contributed by atoms with E-state index < -0.39 is 22.4 Å². The number of aromatic nitrogens is 3. The lowest BCUT2D eigenvalue weighted by Crippen LogP contribution is -2.42. The quantitative estimate of drug-likeness (QED) is 0.623. The fourth-order valence-electron chi connectivity index (χ4n) is 1.82. The Morgan fingerprint density at radius 1 is 1.32 bits per heavy atom. The standard InChI is InChI=1S/C11H12N6O4S/c1-5-8(17(20)21)9(16(3)15-5)11(19)14-13-10(18)7-4-22-6(2)12-7/h4H,1-3H3,(H,13,18)(H,14,19). The van der Waals surface area contributed by atoms with Crippen LogP contribution in [0, 0.1) is 24.0 Å². The highest BCUT2D eigenvalue weighted by atomic mass is 32.1. The molecule has 22 heavy (non-hydrogen) atoms. The van der Waals surface area contributed by atoms with Gasteiger partial charge in [0.15, 0.2) is 0 Å². The van der Waals surface area contributed by atoms with Gasteiger partial charge < -0.3 is 0 Å². The van der Waals surface area contributed by atoms with Gasteiger partial charge in [0.2, 0.25) is 5.69 Å². The van der Waals surface area contributed by atoms with Gasteiger partial charge in [0, 0.05) is 12.4 Å². The molecular formula is C11H12N6O4S. The number of aryl methyl sites for hydroxylation is 3. The maximum absolute atomic E-state index is 12.0. The number of hydrogen-bond donors (Lipinski definition) is 2. The SMILES string of the molecule is Cc1nc(C(=O)NNC(=O)c2c([N+](=O)[O-])c(C)nn2C)cs1. The summed E-state index contributed by atoms with van der Waals surface area (Å²) in [5, 5.41) is 17.1. The summed E-state index contributed by atoms with van der Waals surface area (Å²) >= 11 is 1.29. The second kappa shape index (κ2) is 5.89. The van der Waals surface area contributed by atoms with Crippen LogP contribution in [0.15, 0.2) is 5.38 Å². The molecule has 11 heteroatoms. The highest BCUT2D eigenvalue weighted by Gasteiger charge is 2.29. The zero-order valence-electron chi connectivity index (χ0n) is 11.9. The minimum atomic E-state index is -0.838. The van der Waals surface area contributed by atoms with E-state index >= 15 is 0 Å². The molecule has 0 spiro atoms. The lowest BCUT2D eigenvalue weighted by Gasteiger charge is -2.05. The van der Waals surface area contributed by atoms with Crippen molar-refractivity contribution in [2.75, 3.05) is 0 Å². The average molecular weight is 324 g/mol.